The molecule has 0 saturated carbocycles. The Kier molecular flexibility index (Phi) is 4.01. The predicted octanol–water partition coefficient (Wildman–Crippen LogP) is 2.59. The van der Waals surface area contributed by atoms with Crippen LogP contribution in [0, 0.1) is 12.3 Å². The summed E-state index contributed by atoms with van der Waals surface area (Å²) in [5.74, 6) is 2.69. The zero-order chi connectivity index (χ0) is 9.68. The molecule has 1 aromatic rings. The number of hydrogen-bond donors (Lipinski definition) is 0. The lowest BCUT2D eigenvalue weighted by Crippen LogP contribution is -2.30. The largest absolute Gasteiger partial charge is 0.285 e. The molecule has 0 spiro atoms. The summed E-state index contributed by atoms with van der Waals surface area (Å²) in [7, 11) is 0. The normalized spacial score (nSPS) is 10.7. The Morgan fingerprint density at radius 2 is 2.38 bits per heavy atom. The van der Waals surface area contributed by atoms with E-state index >= 15 is 0 Å². The van der Waals surface area contributed by atoms with E-state index in [1.165, 1.54) is 4.88 Å². The third kappa shape index (κ3) is 3.22. The first kappa shape index (κ1) is 10.3. The number of rotatable bonds is 4. The van der Waals surface area contributed by atoms with Gasteiger partial charge in [0.2, 0.25) is 0 Å². The summed E-state index contributed by atoms with van der Waals surface area (Å²) in [6.07, 6.45) is 5.31. The Morgan fingerprint density at radius 1 is 1.62 bits per heavy atom. The van der Waals surface area contributed by atoms with Gasteiger partial charge < -0.3 is 0 Å². The first-order chi connectivity index (χ1) is 6.24. The van der Waals surface area contributed by atoms with Crippen LogP contribution >= 0.6 is 11.3 Å². The molecule has 70 valence electrons. The van der Waals surface area contributed by atoms with E-state index in [-0.39, 0.29) is 0 Å². The monoisotopic (exact) mass is 193 g/mol. The number of terminal acetylenes is 1. The molecule has 0 bridgehead atoms. The van der Waals surface area contributed by atoms with Gasteiger partial charge in [0, 0.05) is 17.5 Å². The minimum absolute atomic E-state index is 0.512. The first-order valence-electron chi connectivity index (χ1n) is 4.44. The molecule has 0 aromatic carbocycles. The Bertz CT molecular complexity index is 269. The van der Waals surface area contributed by atoms with Gasteiger partial charge in [-0.3, -0.25) is 4.90 Å². The maximum Gasteiger partial charge on any atom is 0.0604 e. The predicted molar refractivity (Wildman–Crippen MR) is 58.7 cm³/mol. The third-order valence-electron chi connectivity index (χ3n) is 1.96. The Balaban J connectivity index is 2.53. The molecule has 1 aromatic heterocycles. The lowest BCUT2D eigenvalue weighted by Gasteiger charge is -2.23. The zero-order valence-electron chi connectivity index (χ0n) is 8.16. The Morgan fingerprint density at radius 3 is 2.85 bits per heavy atom. The molecule has 1 rings (SSSR count). The number of nitrogens with zero attached hydrogens (tertiary/aromatic N) is 1. The van der Waals surface area contributed by atoms with E-state index in [1.54, 1.807) is 11.3 Å². The molecule has 0 aliphatic heterocycles. The minimum Gasteiger partial charge on any atom is -0.285 e. The molecule has 0 amide bonds. The van der Waals surface area contributed by atoms with Gasteiger partial charge in [0.25, 0.3) is 0 Å². The molecule has 1 heterocycles. The van der Waals surface area contributed by atoms with Crippen LogP contribution < -0.4 is 0 Å². The highest BCUT2D eigenvalue weighted by Gasteiger charge is 2.08. The van der Waals surface area contributed by atoms with Gasteiger partial charge in [-0.15, -0.1) is 17.8 Å². The summed E-state index contributed by atoms with van der Waals surface area (Å²) in [6.45, 7) is 6.05. The van der Waals surface area contributed by atoms with Crippen molar-refractivity contribution in [3.8, 4) is 12.3 Å². The second kappa shape index (κ2) is 5.06. The van der Waals surface area contributed by atoms with Crippen molar-refractivity contribution in [3.63, 3.8) is 0 Å². The minimum atomic E-state index is 0.512. The summed E-state index contributed by atoms with van der Waals surface area (Å²) in [4.78, 5) is 3.66. The fourth-order valence-electron chi connectivity index (χ4n) is 1.14. The van der Waals surface area contributed by atoms with Crippen molar-refractivity contribution < 1.29 is 0 Å². The van der Waals surface area contributed by atoms with Crippen molar-refractivity contribution in [3.05, 3.63) is 22.4 Å². The van der Waals surface area contributed by atoms with Crippen LogP contribution in [0.5, 0.6) is 0 Å². The van der Waals surface area contributed by atoms with Crippen molar-refractivity contribution in [2.75, 3.05) is 6.54 Å². The Hall–Kier alpha value is -0.780. The quantitative estimate of drug-likeness (QED) is 0.664. The maximum atomic E-state index is 5.31. The molecular formula is C11H15NS. The van der Waals surface area contributed by atoms with Crippen LogP contribution in [-0.2, 0) is 6.54 Å². The molecule has 13 heavy (non-hydrogen) atoms. The smallest absolute Gasteiger partial charge is 0.0604 e. The number of hydrogen-bond acceptors (Lipinski definition) is 2. The van der Waals surface area contributed by atoms with Crippen molar-refractivity contribution in [1.82, 2.24) is 4.90 Å². The van der Waals surface area contributed by atoms with E-state index in [9.17, 15) is 0 Å². The lowest BCUT2D eigenvalue weighted by atomic mass is 10.3. The van der Waals surface area contributed by atoms with Gasteiger partial charge in [-0.25, -0.2) is 0 Å². The maximum absolute atomic E-state index is 5.31. The van der Waals surface area contributed by atoms with E-state index < -0.39 is 0 Å². The van der Waals surface area contributed by atoms with Crippen molar-refractivity contribution in [2.45, 2.75) is 26.4 Å². The van der Waals surface area contributed by atoms with Crippen LogP contribution in [0.1, 0.15) is 18.7 Å². The van der Waals surface area contributed by atoms with Crippen LogP contribution in [0.3, 0.4) is 0 Å². The van der Waals surface area contributed by atoms with Crippen LogP contribution in [0.15, 0.2) is 17.5 Å². The standard InChI is InChI=1S/C11H15NS/c1-4-7-12(10(2)3)9-11-6-5-8-13-11/h1,5-6,8,10H,7,9H2,2-3H3. The van der Waals surface area contributed by atoms with E-state index in [4.69, 9.17) is 6.42 Å². The summed E-state index contributed by atoms with van der Waals surface area (Å²) >= 11 is 1.78. The van der Waals surface area contributed by atoms with Gasteiger partial charge in [0.05, 0.1) is 6.54 Å². The molecule has 0 atom stereocenters. The van der Waals surface area contributed by atoms with Crippen LogP contribution in [0.4, 0.5) is 0 Å². The average molecular weight is 193 g/mol. The van der Waals surface area contributed by atoms with E-state index in [1.807, 2.05) is 0 Å². The molecule has 2 heteroatoms. The SMILES string of the molecule is C#CCN(Cc1cccs1)C(C)C. The van der Waals surface area contributed by atoms with Crippen LogP contribution in [-0.4, -0.2) is 17.5 Å². The summed E-state index contributed by atoms with van der Waals surface area (Å²) in [6, 6.07) is 4.74. The van der Waals surface area contributed by atoms with E-state index in [2.05, 4.69) is 42.2 Å². The molecule has 0 aliphatic rings. The van der Waals surface area contributed by atoms with Crippen molar-refractivity contribution in [2.24, 2.45) is 0 Å². The topological polar surface area (TPSA) is 3.24 Å². The van der Waals surface area contributed by atoms with Gasteiger partial charge in [0.1, 0.15) is 0 Å². The molecule has 0 N–H and O–H groups in total. The van der Waals surface area contributed by atoms with E-state index in [0.717, 1.165) is 13.1 Å². The number of thiophene rings is 1. The third-order valence-corrected chi connectivity index (χ3v) is 2.82. The molecule has 0 aliphatic carbocycles. The zero-order valence-corrected chi connectivity index (χ0v) is 8.97. The van der Waals surface area contributed by atoms with E-state index in [0.29, 0.717) is 6.04 Å². The van der Waals surface area contributed by atoms with Gasteiger partial charge in [-0.05, 0) is 25.3 Å². The Labute approximate surface area is 84.4 Å². The molecular weight excluding hydrogens is 178 g/mol. The van der Waals surface area contributed by atoms with Gasteiger partial charge in [-0.1, -0.05) is 12.0 Å². The van der Waals surface area contributed by atoms with Gasteiger partial charge in [0.15, 0.2) is 0 Å². The second-order valence-electron chi connectivity index (χ2n) is 3.28. The molecule has 0 saturated heterocycles. The fourth-order valence-corrected chi connectivity index (χ4v) is 1.87. The summed E-state index contributed by atoms with van der Waals surface area (Å²) in [5, 5.41) is 2.10. The highest BCUT2D eigenvalue weighted by Crippen LogP contribution is 2.13. The van der Waals surface area contributed by atoms with Crippen LogP contribution in [0.2, 0.25) is 0 Å². The lowest BCUT2D eigenvalue weighted by molar-refractivity contribution is 0.243. The van der Waals surface area contributed by atoms with Gasteiger partial charge >= 0.3 is 0 Å². The van der Waals surface area contributed by atoms with Crippen molar-refractivity contribution in [1.29, 1.82) is 0 Å². The fraction of sp³-hybridized carbons (Fsp3) is 0.455. The molecule has 0 fully saturated rings. The van der Waals surface area contributed by atoms with Gasteiger partial charge in [-0.2, -0.15) is 0 Å². The molecule has 0 unspecified atom stereocenters. The summed E-state index contributed by atoms with van der Waals surface area (Å²) in [5.41, 5.74) is 0. The molecule has 0 radical (unpaired) electrons. The highest BCUT2D eigenvalue weighted by atomic mass is 32.1. The highest BCUT2D eigenvalue weighted by molar-refractivity contribution is 7.09. The van der Waals surface area contributed by atoms with Crippen LogP contribution in [0.25, 0.3) is 0 Å². The second-order valence-corrected chi connectivity index (χ2v) is 4.31. The van der Waals surface area contributed by atoms with Crippen molar-refractivity contribution >= 4 is 11.3 Å². The summed E-state index contributed by atoms with van der Waals surface area (Å²) < 4.78 is 0. The average Bonchev–Trinajstić information content (AvgIpc) is 2.56. The first-order valence-corrected chi connectivity index (χ1v) is 5.32. The molecule has 1 nitrogen and oxygen atoms in total.